The van der Waals surface area contributed by atoms with Gasteiger partial charge in [-0.25, -0.2) is 12.2 Å². The minimum atomic E-state index is 0. The molecule has 18 heavy (non-hydrogen) atoms. The topological polar surface area (TPSA) is 0 Å². The zero-order chi connectivity index (χ0) is 11.9. The summed E-state index contributed by atoms with van der Waals surface area (Å²) in [7, 11) is 0. The molecule has 0 amide bonds. The molecular weight excluding hydrogens is 283 g/mol. The fourth-order valence-corrected chi connectivity index (χ4v) is 1.70. The van der Waals surface area contributed by atoms with Crippen LogP contribution in [-0.4, -0.2) is 0 Å². The van der Waals surface area contributed by atoms with Crippen molar-refractivity contribution in [1.82, 2.24) is 0 Å². The Morgan fingerprint density at radius 3 is 2.22 bits per heavy atom. The maximum atomic E-state index is 5.77. The standard InChI is InChI=1S/C11H8Cl.C5H5.Fe/c12-11-7-5-10(6-8-11)9-3-1-2-4-9;1-2-4-5-3-1;/h1,3,5-8H,2H2;1-3H,4H2;/q2*-1;+2. The van der Waals surface area contributed by atoms with Crippen molar-refractivity contribution in [3.63, 3.8) is 0 Å². The third-order valence-corrected chi connectivity index (χ3v) is 2.69. The largest absolute Gasteiger partial charge is 2.00 e. The number of halogens is 1. The smallest absolute Gasteiger partial charge is 0.273 e. The van der Waals surface area contributed by atoms with E-state index in [9.17, 15) is 0 Å². The second-order valence-corrected chi connectivity index (χ2v) is 4.14. The van der Waals surface area contributed by atoms with Gasteiger partial charge in [-0.05, 0) is 0 Å². The number of hydrogen-bond donors (Lipinski definition) is 0. The maximum Gasteiger partial charge on any atom is 2.00 e. The van der Waals surface area contributed by atoms with E-state index in [0.29, 0.717) is 0 Å². The van der Waals surface area contributed by atoms with E-state index in [0.717, 1.165) is 17.9 Å². The fraction of sp³-hybridized carbons (Fsp3) is 0.125. The Labute approximate surface area is 124 Å². The predicted molar refractivity (Wildman–Crippen MR) is 73.4 cm³/mol. The van der Waals surface area contributed by atoms with Crippen molar-refractivity contribution >= 4 is 17.2 Å². The molecule has 0 heterocycles. The Morgan fingerprint density at radius 1 is 1.00 bits per heavy atom. The van der Waals surface area contributed by atoms with Gasteiger partial charge in [0, 0.05) is 5.02 Å². The summed E-state index contributed by atoms with van der Waals surface area (Å²) < 4.78 is 0. The van der Waals surface area contributed by atoms with E-state index < -0.39 is 0 Å². The van der Waals surface area contributed by atoms with Crippen molar-refractivity contribution in [2.45, 2.75) is 12.8 Å². The summed E-state index contributed by atoms with van der Waals surface area (Å²) in [6.07, 6.45) is 18.4. The SMILES string of the molecule is Clc1ccc(C2=[C-]CC=C2)cc1.[C-]1=CC=CC1.[Fe+2]. The van der Waals surface area contributed by atoms with Crippen molar-refractivity contribution in [3.05, 3.63) is 77.4 Å². The third-order valence-electron chi connectivity index (χ3n) is 2.44. The molecule has 0 bridgehead atoms. The zero-order valence-electron chi connectivity index (χ0n) is 9.84. The van der Waals surface area contributed by atoms with E-state index in [1.807, 2.05) is 36.4 Å². The van der Waals surface area contributed by atoms with Crippen LogP contribution in [-0.2, 0) is 17.1 Å². The zero-order valence-corrected chi connectivity index (χ0v) is 11.7. The van der Waals surface area contributed by atoms with Gasteiger partial charge >= 0.3 is 17.1 Å². The van der Waals surface area contributed by atoms with Gasteiger partial charge < -0.3 is 0 Å². The van der Waals surface area contributed by atoms with Crippen LogP contribution in [0.5, 0.6) is 0 Å². The van der Waals surface area contributed by atoms with Gasteiger partial charge in [-0.1, -0.05) is 30.2 Å². The second-order valence-electron chi connectivity index (χ2n) is 3.71. The number of benzene rings is 1. The Bertz CT molecular complexity index is 468. The first-order valence-electron chi connectivity index (χ1n) is 5.61. The predicted octanol–water partition coefficient (Wildman–Crippen LogP) is 4.79. The fourth-order valence-electron chi connectivity index (χ4n) is 1.57. The summed E-state index contributed by atoms with van der Waals surface area (Å²) in [6.45, 7) is 0. The van der Waals surface area contributed by atoms with Crippen LogP contribution in [0.4, 0.5) is 0 Å². The summed E-state index contributed by atoms with van der Waals surface area (Å²) in [6, 6.07) is 7.83. The first-order chi connectivity index (χ1) is 8.36. The average molecular weight is 297 g/mol. The molecule has 0 radical (unpaired) electrons. The van der Waals surface area contributed by atoms with Gasteiger partial charge in [0.15, 0.2) is 0 Å². The van der Waals surface area contributed by atoms with Gasteiger partial charge in [-0.2, -0.15) is 23.8 Å². The summed E-state index contributed by atoms with van der Waals surface area (Å²) in [4.78, 5) is 0. The molecule has 0 spiro atoms. The molecule has 92 valence electrons. The maximum absolute atomic E-state index is 5.77. The van der Waals surface area contributed by atoms with E-state index in [1.165, 1.54) is 11.1 Å². The van der Waals surface area contributed by atoms with Gasteiger partial charge in [0.25, 0.3) is 0 Å². The van der Waals surface area contributed by atoms with Gasteiger partial charge in [-0.3, -0.25) is 6.08 Å². The van der Waals surface area contributed by atoms with Crippen LogP contribution in [0.25, 0.3) is 5.57 Å². The number of hydrogen-bond acceptors (Lipinski definition) is 0. The molecule has 0 N–H and O–H groups in total. The van der Waals surface area contributed by atoms with E-state index in [1.54, 1.807) is 0 Å². The molecule has 1 aromatic rings. The van der Waals surface area contributed by atoms with Crippen molar-refractivity contribution < 1.29 is 17.1 Å². The Hall–Kier alpha value is -1.01. The van der Waals surface area contributed by atoms with E-state index in [4.69, 9.17) is 11.6 Å². The normalized spacial score (nSPS) is 14.8. The molecule has 2 heteroatoms. The third kappa shape index (κ3) is 4.70. The van der Waals surface area contributed by atoms with E-state index in [2.05, 4.69) is 30.4 Å². The second kappa shape index (κ2) is 8.15. The van der Waals surface area contributed by atoms with Crippen molar-refractivity contribution in [2.24, 2.45) is 0 Å². The monoisotopic (exact) mass is 296 g/mol. The molecule has 0 nitrogen and oxygen atoms in total. The molecule has 0 saturated heterocycles. The molecule has 0 unspecified atom stereocenters. The van der Waals surface area contributed by atoms with Crippen LogP contribution in [0.15, 0.2) is 54.6 Å². The first-order valence-corrected chi connectivity index (χ1v) is 5.99. The molecule has 3 rings (SSSR count). The first kappa shape index (κ1) is 15.0. The molecule has 0 aromatic heterocycles. The Balaban J connectivity index is 0.000000230. The van der Waals surface area contributed by atoms with Crippen LogP contribution < -0.4 is 0 Å². The van der Waals surface area contributed by atoms with Crippen molar-refractivity contribution in [2.75, 3.05) is 0 Å². The Morgan fingerprint density at radius 2 is 1.78 bits per heavy atom. The quantitative estimate of drug-likeness (QED) is 0.516. The van der Waals surface area contributed by atoms with Gasteiger partial charge in [0.05, 0.1) is 0 Å². The summed E-state index contributed by atoms with van der Waals surface area (Å²) >= 11 is 5.77. The van der Waals surface area contributed by atoms with Crippen LogP contribution in [0.2, 0.25) is 5.02 Å². The molecular formula is C16H13ClFe. The van der Waals surface area contributed by atoms with E-state index in [-0.39, 0.29) is 17.1 Å². The van der Waals surface area contributed by atoms with Crippen LogP contribution in [0, 0.1) is 12.2 Å². The van der Waals surface area contributed by atoms with Gasteiger partial charge in [0.1, 0.15) is 0 Å². The summed E-state index contributed by atoms with van der Waals surface area (Å²) in [5, 5.41) is 0.779. The van der Waals surface area contributed by atoms with Crippen molar-refractivity contribution in [1.29, 1.82) is 0 Å². The van der Waals surface area contributed by atoms with Crippen LogP contribution >= 0.6 is 11.6 Å². The molecule has 0 fully saturated rings. The summed E-state index contributed by atoms with van der Waals surface area (Å²) in [5.74, 6) is 0. The average Bonchev–Trinajstić information content (AvgIpc) is 3.06. The Kier molecular flexibility index (Phi) is 6.82. The molecule has 2 aliphatic carbocycles. The molecule has 2 aliphatic rings. The molecule has 1 aromatic carbocycles. The molecule has 0 atom stereocenters. The number of allylic oxidation sites excluding steroid dienone is 8. The van der Waals surface area contributed by atoms with Gasteiger partial charge in [-0.15, -0.1) is 30.2 Å². The van der Waals surface area contributed by atoms with E-state index >= 15 is 0 Å². The molecule has 0 aliphatic heterocycles. The van der Waals surface area contributed by atoms with Crippen molar-refractivity contribution in [3.8, 4) is 0 Å². The van der Waals surface area contributed by atoms with Crippen LogP contribution in [0.3, 0.4) is 0 Å². The molecule has 0 saturated carbocycles. The number of rotatable bonds is 1. The minimum absolute atomic E-state index is 0. The van der Waals surface area contributed by atoms with Gasteiger partial charge in [0.2, 0.25) is 0 Å². The summed E-state index contributed by atoms with van der Waals surface area (Å²) in [5.41, 5.74) is 2.36. The minimum Gasteiger partial charge on any atom is -0.273 e. The van der Waals surface area contributed by atoms with Crippen LogP contribution in [0.1, 0.15) is 18.4 Å².